The second-order valence-corrected chi connectivity index (χ2v) is 5.02. The van der Waals surface area contributed by atoms with E-state index in [1.54, 1.807) is 12.3 Å². The van der Waals surface area contributed by atoms with Crippen LogP contribution in [-0.4, -0.2) is 24.9 Å². The first-order valence-electron chi connectivity index (χ1n) is 6.64. The van der Waals surface area contributed by atoms with E-state index in [9.17, 15) is 4.79 Å². The first kappa shape index (κ1) is 14.3. The number of carbonyl (C=O) groups excluding carboxylic acids is 1. The lowest BCUT2D eigenvalue weighted by Crippen LogP contribution is -2.38. The minimum atomic E-state index is -0.420. The fourth-order valence-electron chi connectivity index (χ4n) is 2.18. The highest BCUT2D eigenvalue weighted by molar-refractivity contribution is 5.82. The number of hydrogen-bond acceptors (Lipinski definition) is 3. The van der Waals surface area contributed by atoms with E-state index >= 15 is 0 Å². The van der Waals surface area contributed by atoms with Gasteiger partial charge < -0.3 is 9.73 Å². The predicted molar refractivity (Wildman–Crippen MR) is 78.1 cm³/mol. The van der Waals surface area contributed by atoms with E-state index in [4.69, 9.17) is 4.42 Å². The number of amides is 1. The van der Waals surface area contributed by atoms with Gasteiger partial charge in [-0.25, -0.2) is 0 Å². The van der Waals surface area contributed by atoms with Crippen LogP contribution in [0, 0.1) is 0 Å². The highest BCUT2D eigenvalue weighted by Crippen LogP contribution is 2.20. The topological polar surface area (TPSA) is 45.5 Å². The zero-order chi connectivity index (χ0) is 14.5. The summed E-state index contributed by atoms with van der Waals surface area (Å²) in [5, 5.41) is 3.03. The Morgan fingerprint density at radius 1 is 1.15 bits per heavy atom. The van der Waals surface area contributed by atoms with E-state index in [-0.39, 0.29) is 11.9 Å². The van der Waals surface area contributed by atoms with Crippen LogP contribution in [0.3, 0.4) is 0 Å². The third-order valence-corrected chi connectivity index (χ3v) is 3.24. The summed E-state index contributed by atoms with van der Waals surface area (Å²) < 4.78 is 5.36. The average molecular weight is 272 g/mol. The van der Waals surface area contributed by atoms with Gasteiger partial charge in [0.1, 0.15) is 11.8 Å². The molecule has 2 aromatic rings. The van der Waals surface area contributed by atoms with Gasteiger partial charge in [-0.05, 0) is 38.7 Å². The average Bonchev–Trinajstić information content (AvgIpc) is 2.93. The number of nitrogens with zero attached hydrogens (tertiary/aromatic N) is 1. The van der Waals surface area contributed by atoms with Gasteiger partial charge in [-0.3, -0.25) is 9.69 Å². The quantitative estimate of drug-likeness (QED) is 0.910. The number of hydrogen-bond donors (Lipinski definition) is 1. The largest absolute Gasteiger partial charge is 0.467 e. The fraction of sp³-hybridized carbons (Fsp3) is 0.312. The molecule has 0 saturated carbocycles. The molecule has 1 N–H and O–H groups in total. The monoisotopic (exact) mass is 272 g/mol. The van der Waals surface area contributed by atoms with Gasteiger partial charge in [0.2, 0.25) is 5.91 Å². The third-order valence-electron chi connectivity index (χ3n) is 3.24. The Balaban J connectivity index is 2.10. The number of nitrogens with one attached hydrogen (secondary N) is 1. The van der Waals surface area contributed by atoms with Crippen molar-refractivity contribution in [2.24, 2.45) is 0 Å². The second kappa shape index (κ2) is 6.39. The molecule has 106 valence electrons. The van der Waals surface area contributed by atoms with Crippen molar-refractivity contribution in [1.29, 1.82) is 0 Å². The van der Waals surface area contributed by atoms with Crippen LogP contribution in [0.4, 0.5) is 0 Å². The maximum Gasteiger partial charge on any atom is 0.245 e. The van der Waals surface area contributed by atoms with Gasteiger partial charge in [-0.15, -0.1) is 0 Å². The summed E-state index contributed by atoms with van der Waals surface area (Å²) in [6.07, 6.45) is 1.58. The molecule has 1 amide bonds. The molecule has 0 aliphatic rings. The minimum Gasteiger partial charge on any atom is -0.467 e. The van der Waals surface area contributed by atoms with Crippen molar-refractivity contribution in [2.75, 3.05) is 14.1 Å². The van der Waals surface area contributed by atoms with Crippen molar-refractivity contribution in [3.05, 3.63) is 60.1 Å². The maximum absolute atomic E-state index is 12.5. The molecule has 0 saturated heterocycles. The van der Waals surface area contributed by atoms with E-state index in [1.165, 1.54) is 0 Å². The summed E-state index contributed by atoms with van der Waals surface area (Å²) >= 11 is 0. The third kappa shape index (κ3) is 3.27. The zero-order valence-electron chi connectivity index (χ0n) is 12.0. The zero-order valence-corrected chi connectivity index (χ0v) is 12.0. The summed E-state index contributed by atoms with van der Waals surface area (Å²) in [6.45, 7) is 1.97. The fourth-order valence-corrected chi connectivity index (χ4v) is 2.18. The Bertz CT molecular complexity index is 535. The van der Waals surface area contributed by atoms with Gasteiger partial charge in [-0.2, -0.15) is 0 Å². The predicted octanol–water partition coefficient (Wildman–Crippen LogP) is 2.76. The Labute approximate surface area is 119 Å². The number of rotatable bonds is 5. The highest BCUT2D eigenvalue weighted by Gasteiger charge is 2.26. The van der Waals surface area contributed by atoms with Crippen LogP contribution in [0.5, 0.6) is 0 Å². The van der Waals surface area contributed by atoms with Gasteiger partial charge in [-0.1, -0.05) is 30.3 Å². The molecule has 2 rings (SSSR count). The van der Waals surface area contributed by atoms with Gasteiger partial charge >= 0.3 is 0 Å². The molecular formula is C16H20N2O2. The number of likely N-dealkylation sites (N-methyl/N-ethyl adjacent to an activating group) is 1. The molecule has 1 aromatic heterocycles. The van der Waals surface area contributed by atoms with Gasteiger partial charge in [0.05, 0.1) is 12.3 Å². The van der Waals surface area contributed by atoms with Crippen molar-refractivity contribution in [2.45, 2.75) is 19.0 Å². The Morgan fingerprint density at radius 3 is 2.40 bits per heavy atom. The lowest BCUT2D eigenvalue weighted by molar-refractivity contribution is -0.127. The van der Waals surface area contributed by atoms with Crippen molar-refractivity contribution >= 4 is 5.91 Å². The maximum atomic E-state index is 12.5. The molecule has 2 atom stereocenters. The molecule has 20 heavy (non-hydrogen) atoms. The van der Waals surface area contributed by atoms with E-state index < -0.39 is 6.04 Å². The molecule has 0 radical (unpaired) electrons. The number of furan rings is 1. The summed E-state index contributed by atoms with van der Waals surface area (Å²) in [6, 6.07) is 13.0. The van der Waals surface area contributed by atoms with Crippen LogP contribution in [0.25, 0.3) is 0 Å². The normalized spacial score (nSPS) is 14.0. The number of benzene rings is 1. The highest BCUT2D eigenvalue weighted by atomic mass is 16.3. The SMILES string of the molecule is CC(NC(=O)C(c1ccco1)N(C)C)c1ccccc1. The van der Waals surface area contributed by atoms with Crippen LogP contribution in [0.1, 0.15) is 30.3 Å². The molecule has 0 bridgehead atoms. The van der Waals surface area contributed by atoms with Crippen LogP contribution < -0.4 is 5.32 Å². The summed E-state index contributed by atoms with van der Waals surface area (Å²) in [7, 11) is 3.72. The van der Waals surface area contributed by atoms with E-state index in [0.717, 1.165) is 5.56 Å². The van der Waals surface area contributed by atoms with Gasteiger partial charge in [0, 0.05) is 0 Å². The molecule has 4 nitrogen and oxygen atoms in total. The van der Waals surface area contributed by atoms with Crippen molar-refractivity contribution in [1.82, 2.24) is 10.2 Å². The molecule has 0 spiro atoms. The molecule has 0 aliphatic heterocycles. The lowest BCUT2D eigenvalue weighted by atomic mass is 10.1. The standard InChI is InChI=1S/C16H20N2O2/c1-12(13-8-5-4-6-9-13)17-16(19)15(18(2)3)14-10-7-11-20-14/h4-12,15H,1-3H3,(H,17,19). The van der Waals surface area contributed by atoms with Gasteiger partial charge in [0.25, 0.3) is 0 Å². The molecule has 1 heterocycles. The number of carbonyl (C=O) groups is 1. The summed E-state index contributed by atoms with van der Waals surface area (Å²) in [4.78, 5) is 14.3. The van der Waals surface area contributed by atoms with Crippen molar-refractivity contribution < 1.29 is 9.21 Å². The molecule has 2 unspecified atom stereocenters. The molecule has 1 aromatic carbocycles. The van der Waals surface area contributed by atoms with Crippen molar-refractivity contribution in [3.8, 4) is 0 Å². The molecule has 0 aliphatic carbocycles. The summed E-state index contributed by atoms with van der Waals surface area (Å²) in [5.41, 5.74) is 1.08. The molecule has 0 fully saturated rings. The molecule has 4 heteroatoms. The first-order chi connectivity index (χ1) is 9.59. The van der Waals surface area contributed by atoms with E-state index in [0.29, 0.717) is 5.76 Å². The van der Waals surface area contributed by atoms with Crippen LogP contribution in [0.2, 0.25) is 0 Å². The Kier molecular flexibility index (Phi) is 4.58. The Hall–Kier alpha value is -2.07. The van der Waals surface area contributed by atoms with Crippen LogP contribution in [0.15, 0.2) is 53.1 Å². The van der Waals surface area contributed by atoms with Gasteiger partial charge in [0.15, 0.2) is 0 Å². The lowest BCUT2D eigenvalue weighted by Gasteiger charge is -2.24. The smallest absolute Gasteiger partial charge is 0.245 e. The minimum absolute atomic E-state index is 0.0406. The summed E-state index contributed by atoms with van der Waals surface area (Å²) in [5.74, 6) is 0.578. The first-order valence-corrected chi connectivity index (χ1v) is 6.64. The van der Waals surface area contributed by atoms with Crippen molar-refractivity contribution in [3.63, 3.8) is 0 Å². The van der Waals surface area contributed by atoms with Crippen LogP contribution in [-0.2, 0) is 4.79 Å². The van der Waals surface area contributed by atoms with Crippen LogP contribution >= 0.6 is 0 Å². The van der Waals surface area contributed by atoms with E-state index in [2.05, 4.69) is 5.32 Å². The molecular weight excluding hydrogens is 252 g/mol. The Morgan fingerprint density at radius 2 is 1.85 bits per heavy atom. The second-order valence-electron chi connectivity index (χ2n) is 5.02. The van der Waals surface area contributed by atoms with E-state index in [1.807, 2.05) is 62.3 Å².